The van der Waals surface area contributed by atoms with Crippen LogP contribution in [0.25, 0.3) is 0 Å². The average molecular weight is 375 g/mol. The summed E-state index contributed by atoms with van der Waals surface area (Å²) in [5.41, 5.74) is -0.0189. The number of aromatic nitrogens is 2. The Hall–Kier alpha value is -2.28. The van der Waals surface area contributed by atoms with Crippen LogP contribution in [0.5, 0.6) is 0 Å². The van der Waals surface area contributed by atoms with Gasteiger partial charge in [0.05, 0.1) is 0 Å². The van der Waals surface area contributed by atoms with Crippen LogP contribution in [0.15, 0.2) is 47.3 Å². The van der Waals surface area contributed by atoms with Gasteiger partial charge in [-0.2, -0.15) is 0 Å². The number of nitrogens with zero attached hydrogens (tertiary/aromatic N) is 4. The number of pyridine rings is 2. The molecular weight excluding hydrogens is 360 g/mol. The highest BCUT2D eigenvalue weighted by Crippen LogP contribution is 2.32. The summed E-state index contributed by atoms with van der Waals surface area (Å²) >= 11 is 3.30. The number of hydrogen-bond donors (Lipinski definition) is 0. The predicted molar refractivity (Wildman–Crippen MR) is 88.7 cm³/mol. The highest BCUT2D eigenvalue weighted by Gasteiger charge is 2.52. The number of carbonyl (C=O) groups excluding carboxylic acids is 2. The van der Waals surface area contributed by atoms with Crippen molar-refractivity contribution < 1.29 is 9.59 Å². The molecule has 3 amide bonds. The molecule has 118 valence electrons. The lowest BCUT2D eigenvalue weighted by molar-refractivity contribution is -0.123. The fourth-order valence-electron chi connectivity index (χ4n) is 2.47. The standard InChI is InChI=1S/C16H15BrN4O2/c1-16(2)14(22)21(13-4-3-12(17)9-19-13)15(23)20(16)10-11-5-7-18-8-6-11/h3-9H,10H2,1-2H3. The number of imide groups is 1. The van der Waals surface area contributed by atoms with E-state index in [4.69, 9.17) is 0 Å². The van der Waals surface area contributed by atoms with Gasteiger partial charge in [0.2, 0.25) is 0 Å². The van der Waals surface area contributed by atoms with Gasteiger partial charge in [-0.05, 0) is 59.6 Å². The van der Waals surface area contributed by atoms with E-state index in [-0.39, 0.29) is 11.9 Å². The number of amides is 3. The molecular formula is C16H15BrN4O2. The molecule has 7 heteroatoms. The second-order valence-corrected chi connectivity index (χ2v) is 6.67. The molecule has 0 aliphatic carbocycles. The number of urea groups is 1. The van der Waals surface area contributed by atoms with Crippen molar-refractivity contribution in [3.63, 3.8) is 0 Å². The molecule has 2 aromatic rings. The third kappa shape index (κ3) is 2.72. The van der Waals surface area contributed by atoms with Crippen LogP contribution in [-0.4, -0.2) is 32.3 Å². The van der Waals surface area contributed by atoms with Crippen LogP contribution in [0.1, 0.15) is 19.4 Å². The van der Waals surface area contributed by atoms with Crippen molar-refractivity contribution >= 4 is 33.7 Å². The lowest BCUT2D eigenvalue weighted by Crippen LogP contribution is -2.43. The topological polar surface area (TPSA) is 66.4 Å². The monoisotopic (exact) mass is 374 g/mol. The van der Waals surface area contributed by atoms with E-state index in [1.54, 1.807) is 49.5 Å². The first-order valence-corrected chi connectivity index (χ1v) is 7.87. The van der Waals surface area contributed by atoms with Crippen molar-refractivity contribution in [3.8, 4) is 0 Å². The van der Waals surface area contributed by atoms with Gasteiger partial charge in [-0.1, -0.05) is 0 Å². The third-order valence-electron chi connectivity index (χ3n) is 3.85. The minimum absolute atomic E-state index is 0.286. The molecule has 0 spiro atoms. The van der Waals surface area contributed by atoms with Crippen LogP contribution >= 0.6 is 15.9 Å². The normalized spacial score (nSPS) is 17.0. The number of carbonyl (C=O) groups is 2. The number of halogens is 1. The van der Waals surface area contributed by atoms with E-state index in [2.05, 4.69) is 25.9 Å². The Morgan fingerprint density at radius 1 is 1.13 bits per heavy atom. The molecule has 1 aliphatic rings. The van der Waals surface area contributed by atoms with E-state index in [9.17, 15) is 9.59 Å². The molecule has 6 nitrogen and oxygen atoms in total. The van der Waals surface area contributed by atoms with Gasteiger partial charge in [0, 0.05) is 29.6 Å². The number of rotatable bonds is 3. The molecule has 23 heavy (non-hydrogen) atoms. The number of anilines is 1. The van der Waals surface area contributed by atoms with Gasteiger partial charge in [0.15, 0.2) is 0 Å². The molecule has 0 unspecified atom stereocenters. The Bertz CT molecular complexity index is 746. The quantitative estimate of drug-likeness (QED) is 0.774. The van der Waals surface area contributed by atoms with Crippen LogP contribution < -0.4 is 4.90 Å². The largest absolute Gasteiger partial charge is 0.333 e. The zero-order valence-corrected chi connectivity index (χ0v) is 14.3. The first kappa shape index (κ1) is 15.6. The van der Waals surface area contributed by atoms with Crippen molar-refractivity contribution in [2.24, 2.45) is 0 Å². The molecule has 1 fully saturated rings. The molecule has 2 aromatic heterocycles. The lowest BCUT2D eigenvalue weighted by atomic mass is 10.0. The van der Waals surface area contributed by atoms with Gasteiger partial charge in [-0.25, -0.2) is 14.7 Å². The smallest absolute Gasteiger partial charge is 0.305 e. The van der Waals surface area contributed by atoms with E-state index in [0.717, 1.165) is 14.9 Å². The van der Waals surface area contributed by atoms with Crippen LogP contribution in [0.3, 0.4) is 0 Å². The molecule has 3 heterocycles. The maximum atomic E-state index is 12.8. The summed E-state index contributed by atoms with van der Waals surface area (Å²) in [5.74, 6) is 0.0416. The van der Waals surface area contributed by atoms with E-state index in [0.29, 0.717) is 12.4 Å². The molecule has 0 N–H and O–H groups in total. The van der Waals surface area contributed by atoms with Crippen LogP contribution in [0.4, 0.5) is 10.6 Å². The van der Waals surface area contributed by atoms with E-state index in [1.807, 2.05) is 12.1 Å². The second-order valence-electron chi connectivity index (χ2n) is 5.76. The fourth-order valence-corrected chi connectivity index (χ4v) is 2.71. The minimum Gasteiger partial charge on any atom is -0.305 e. The Morgan fingerprint density at radius 2 is 1.83 bits per heavy atom. The third-order valence-corrected chi connectivity index (χ3v) is 4.32. The molecule has 0 radical (unpaired) electrons. The molecule has 1 aliphatic heterocycles. The molecule has 0 bridgehead atoms. The first-order chi connectivity index (χ1) is 10.9. The van der Waals surface area contributed by atoms with Gasteiger partial charge in [0.1, 0.15) is 11.4 Å². The van der Waals surface area contributed by atoms with Crippen molar-refractivity contribution in [2.45, 2.75) is 25.9 Å². The minimum atomic E-state index is -0.935. The molecule has 0 saturated carbocycles. The summed E-state index contributed by atoms with van der Waals surface area (Å²) in [4.78, 5) is 36.3. The van der Waals surface area contributed by atoms with E-state index in [1.165, 1.54) is 0 Å². The van der Waals surface area contributed by atoms with E-state index < -0.39 is 5.54 Å². The van der Waals surface area contributed by atoms with Crippen LogP contribution in [0.2, 0.25) is 0 Å². The molecule has 3 rings (SSSR count). The van der Waals surface area contributed by atoms with Crippen molar-refractivity contribution in [3.05, 3.63) is 52.9 Å². The fraction of sp³-hybridized carbons (Fsp3) is 0.250. The zero-order valence-electron chi connectivity index (χ0n) is 12.7. The summed E-state index contributed by atoms with van der Waals surface area (Å²) in [5, 5.41) is 0. The Balaban J connectivity index is 1.94. The van der Waals surface area contributed by atoms with Gasteiger partial charge >= 0.3 is 6.03 Å². The lowest BCUT2D eigenvalue weighted by Gasteiger charge is -2.27. The number of hydrogen-bond acceptors (Lipinski definition) is 4. The maximum absolute atomic E-state index is 12.8. The highest BCUT2D eigenvalue weighted by molar-refractivity contribution is 9.10. The van der Waals surface area contributed by atoms with Crippen molar-refractivity contribution in [2.75, 3.05) is 4.90 Å². The second kappa shape index (κ2) is 5.73. The van der Waals surface area contributed by atoms with Gasteiger partial charge in [0.25, 0.3) is 5.91 Å². The average Bonchev–Trinajstić information content (AvgIpc) is 2.70. The summed E-state index contributed by atoms with van der Waals surface area (Å²) in [7, 11) is 0. The van der Waals surface area contributed by atoms with Crippen LogP contribution in [-0.2, 0) is 11.3 Å². The molecule has 0 aromatic carbocycles. The summed E-state index contributed by atoms with van der Waals surface area (Å²) < 4.78 is 0.785. The Kier molecular flexibility index (Phi) is 3.89. The SMILES string of the molecule is CC1(C)C(=O)N(c2ccc(Br)cn2)C(=O)N1Cc1ccncc1. The predicted octanol–water partition coefficient (Wildman–Crippen LogP) is 2.99. The Labute approximate surface area is 142 Å². The van der Waals surface area contributed by atoms with Gasteiger partial charge < -0.3 is 4.90 Å². The Morgan fingerprint density at radius 3 is 2.43 bits per heavy atom. The van der Waals surface area contributed by atoms with Crippen LogP contribution in [0, 0.1) is 0 Å². The van der Waals surface area contributed by atoms with Gasteiger partial charge in [-0.3, -0.25) is 9.78 Å². The summed E-state index contributed by atoms with van der Waals surface area (Å²) in [6.07, 6.45) is 4.89. The van der Waals surface area contributed by atoms with Crippen molar-refractivity contribution in [1.82, 2.24) is 14.9 Å². The first-order valence-electron chi connectivity index (χ1n) is 7.08. The van der Waals surface area contributed by atoms with E-state index >= 15 is 0 Å². The maximum Gasteiger partial charge on any atom is 0.333 e. The molecule has 1 saturated heterocycles. The zero-order chi connectivity index (χ0) is 16.6. The van der Waals surface area contributed by atoms with Crippen molar-refractivity contribution in [1.29, 1.82) is 0 Å². The van der Waals surface area contributed by atoms with Gasteiger partial charge in [-0.15, -0.1) is 0 Å². The summed E-state index contributed by atoms with van der Waals surface area (Å²) in [6.45, 7) is 3.83. The molecule has 0 atom stereocenters. The summed E-state index contributed by atoms with van der Waals surface area (Å²) in [6, 6.07) is 6.68. The highest BCUT2D eigenvalue weighted by atomic mass is 79.9.